The summed E-state index contributed by atoms with van der Waals surface area (Å²) in [4.78, 5) is 19.6. The highest BCUT2D eigenvalue weighted by Gasteiger charge is 2.34. The molecular formula is C11H14N2OS. The maximum absolute atomic E-state index is 11.5. The molecule has 1 fully saturated rings. The summed E-state index contributed by atoms with van der Waals surface area (Å²) >= 11 is 1.47. The Morgan fingerprint density at radius 1 is 1.60 bits per heavy atom. The lowest BCUT2D eigenvalue weighted by Gasteiger charge is -2.14. The van der Waals surface area contributed by atoms with E-state index in [1.54, 1.807) is 12.5 Å². The van der Waals surface area contributed by atoms with E-state index < -0.39 is 0 Å². The molecule has 0 N–H and O–H groups in total. The summed E-state index contributed by atoms with van der Waals surface area (Å²) in [6.07, 6.45) is 5.18. The molecule has 1 aromatic heterocycles. The summed E-state index contributed by atoms with van der Waals surface area (Å²) < 4.78 is 0. The van der Waals surface area contributed by atoms with Crippen molar-refractivity contribution in [3.63, 3.8) is 0 Å². The maximum atomic E-state index is 11.5. The van der Waals surface area contributed by atoms with Gasteiger partial charge >= 0.3 is 0 Å². The van der Waals surface area contributed by atoms with Crippen LogP contribution in [0.3, 0.4) is 0 Å². The first-order valence-corrected chi connectivity index (χ1v) is 6.21. The minimum atomic E-state index is 0.227. The van der Waals surface area contributed by atoms with Gasteiger partial charge in [-0.3, -0.25) is 4.79 Å². The number of hydrogen-bond acceptors (Lipinski definition) is 4. The van der Waals surface area contributed by atoms with Gasteiger partial charge in [-0.1, -0.05) is 18.7 Å². The molecule has 0 aromatic carbocycles. The van der Waals surface area contributed by atoms with Gasteiger partial charge in [0.2, 0.25) is 0 Å². The number of aromatic nitrogens is 2. The van der Waals surface area contributed by atoms with Gasteiger partial charge < -0.3 is 0 Å². The molecule has 15 heavy (non-hydrogen) atoms. The highest BCUT2D eigenvalue weighted by molar-refractivity contribution is 8.14. The molecule has 1 aromatic rings. The number of nitrogens with zero attached hydrogens (tertiary/aromatic N) is 2. The van der Waals surface area contributed by atoms with Gasteiger partial charge in [-0.2, -0.15) is 0 Å². The topological polar surface area (TPSA) is 42.9 Å². The molecule has 3 nitrogen and oxygen atoms in total. The van der Waals surface area contributed by atoms with Gasteiger partial charge in [-0.05, 0) is 24.8 Å². The first kappa shape index (κ1) is 10.6. The van der Waals surface area contributed by atoms with Gasteiger partial charge in [0.15, 0.2) is 5.12 Å². The molecule has 0 spiro atoms. The number of carbonyl (C=O) groups is 1. The van der Waals surface area contributed by atoms with E-state index in [1.807, 2.05) is 6.07 Å². The molecule has 1 saturated heterocycles. The number of thioether (sulfide) groups is 1. The Bertz CT molecular complexity index is 342. The minimum Gasteiger partial charge on any atom is -0.287 e. The smallest absolute Gasteiger partial charge is 0.192 e. The highest BCUT2D eigenvalue weighted by Crippen LogP contribution is 2.35. The molecular weight excluding hydrogens is 208 g/mol. The van der Waals surface area contributed by atoms with Crippen LogP contribution in [0.25, 0.3) is 0 Å². The maximum Gasteiger partial charge on any atom is 0.192 e. The fourth-order valence-electron chi connectivity index (χ4n) is 2.01. The van der Waals surface area contributed by atoms with Crippen LogP contribution in [0.15, 0.2) is 18.6 Å². The first-order chi connectivity index (χ1) is 7.31. The third kappa shape index (κ3) is 2.37. The fraction of sp³-hybridized carbons (Fsp3) is 0.545. The van der Waals surface area contributed by atoms with Gasteiger partial charge in [0, 0.05) is 23.6 Å². The van der Waals surface area contributed by atoms with Crippen LogP contribution in [0.2, 0.25) is 0 Å². The molecule has 2 unspecified atom stereocenters. The Morgan fingerprint density at radius 2 is 2.47 bits per heavy atom. The van der Waals surface area contributed by atoms with E-state index in [0.29, 0.717) is 11.0 Å². The lowest BCUT2D eigenvalue weighted by Crippen LogP contribution is -2.17. The van der Waals surface area contributed by atoms with E-state index in [4.69, 9.17) is 0 Å². The molecule has 1 aliphatic rings. The van der Waals surface area contributed by atoms with Gasteiger partial charge in [0.1, 0.15) is 6.33 Å². The van der Waals surface area contributed by atoms with Crippen LogP contribution >= 0.6 is 11.8 Å². The van der Waals surface area contributed by atoms with Crippen molar-refractivity contribution in [2.75, 3.05) is 5.75 Å². The van der Waals surface area contributed by atoms with E-state index in [1.165, 1.54) is 11.8 Å². The van der Waals surface area contributed by atoms with Gasteiger partial charge in [0.25, 0.3) is 0 Å². The van der Waals surface area contributed by atoms with Crippen molar-refractivity contribution >= 4 is 16.9 Å². The van der Waals surface area contributed by atoms with E-state index in [0.717, 1.165) is 24.3 Å². The third-order valence-corrected chi connectivity index (χ3v) is 4.05. The average Bonchev–Trinajstić information content (AvgIpc) is 2.61. The zero-order valence-electron chi connectivity index (χ0n) is 8.72. The van der Waals surface area contributed by atoms with Crippen molar-refractivity contribution < 1.29 is 4.79 Å². The molecule has 1 aliphatic heterocycles. The van der Waals surface area contributed by atoms with Crippen LogP contribution < -0.4 is 0 Å². The Labute approximate surface area is 93.7 Å². The van der Waals surface area contributed by atoms with Crippen LogP contribution in [0.5, 0.6) is 0 Å². The molecule has 2 heterocycles. The number of rotatable bonds is 3. The monoisotopic (exact) mass is 222 g/mol. The average molecular weight is 222 g/mol. The van der Waals surface area contributed by atoms with E-state index in [9.17, 15) is 4.79 Å². The van der Waals surface area contributed by atoms with Crippen LogP contribution in [0.1, 0.15) is 19.0 Å². The van der Waals surface area contributed by atoms with Gasteiger partial charge in [-0.25, -0.2) is 9.97 Å². The van der Waals surface area contributed by atoms with Crippen molar-refractivity contribution in [1.29, 1.82) is 0 Å². The largest absolute Gasteiger partial charge is 0.287 e. The Morgan fingerprint density at radius 3 is 3.13 bits per heavy atom. The summed E-state index contributed by atoms with van der Waals surface area (Å²) in [5, 5.41) is 0.358. The van der Waals surface area contributed by atoms with Gasteiger partial charge in [0.05, 0.1) is 0 Å². The summed E-state index contributed by atoms with van der Waals surface area (Å²) in [5.74, 6) is 1.63. The van der Waals surface area contributed by atoms with E-state index in [2.05, 4.69) is 16.9 Å². The summed E-state index contributed by atoms with van der Waals surface area (Å²) in [7, 11) is 0. The van der Waals surface area contributed by atoms with Crippen molar-refractivity contribution in [2.45, 2.75) is 19.8 Å². The predicted molar refractivity (Wildman–Crippen MR) is 60.5 cm³/mol. The van der Waals surface area contributed by atoms with E-state index in [-0.39, 0.29) is 5.92 Å². The van der Waals surface area contributed by atoms with Crippen LogP contribution in [0.4, 0.5) is 0 Å². The third-order valence-electron chi connectivity index (χ3n) is 2.87. The van der Waals surface area contributed by atoms with E-state index >= 15 is 0 Å². The van der Waals surface area contributed by atoms with Crippen molar-refractivity contribution in [3.8, 4) is 0 Å². The molecule has 2 atom stereocenters. The molecule has 0 saturated carbocycles. The fourth-order valence-corrected chi connectivity index (χ4v) is 3.32. The van der Waals surface area contributed by atoms with Crippen LogP contribution in [-0.4, -0.2) is 20.8 Å². The summed E-state index contributed by atoms with van der Waals surface area (Å²) in [6.45, 7) is 2.08. The number of hydrogen-bond donors (Lipinski definition) is 0. The second-order valence-corrected chi connectivity index (χ2v) is 4.83. The first-order valence-electron chi connectivity index (χ1n) is 5.22. The highest BCUT2D eigenvalue weighted by atomic mass is 32.2. The molecule has 80 valence electrons. The normalized spacial score (nSPS) is 25.8. The SMILES string of the molecule is CCC1C(=O)SCC1Cc1ccncn1. The lowest BCUT2D eigenvalue weighted by molar-refractivity contribution is -0.114. The molecule has 0 aliphatic carbocycles. The van der Waals surface area contributed by atoms with Crippen molar-refractivity contribution in [2.24, 2.45) is 11.8 Å². The van der Waals surface area contributed by atoms with Crippen molar-refractivity contribution in [3.05, 3.63) is 24.3 Å². The Kier molecular flexibility index (Phi) is 3.36. The predicted octanol–water partition coefficient (Wildman–Crippen LogP) is 1.93. The molecule has 2 rings (SSSR count). The molecule has 4 heteroatoms. The standard InChI is InChI=1S/C11H14N2OS/c1-2-10-8(6-15-11(10)14)5-9-3-4-12-7-13-9/h3-4,7-8,10H,2,5-6H2,1H3. The molecule has 0 amide bonds. The second kappa shape index (κ2) is 4.75. The van der Waals surface area contributed by atoms with Gasteiger partial charge in [-0.15, -0.1) is 0 Å². The number of carbonyl (C=O) groups excluding carboxylic acids is 1. The molecule has 0 radical (unpaired) electrons. The second-order valence-electron chi connectivity index (χ2n) is 3.81. The molecule has 0 bridgehead atoms. The lowest BCUT2D eigenvalue weighted by atomic mass is 9.89. The zero-order chi connectivity index (χ0) is 10.7. The minimum absolute atomic E-state index is 0.227. The summed E-state index contributed by atoms with van der Waals surface area (Å²) in [6, 6.07) is 1.93. The Balaban J connectivity index is 2.04. The Hall–Kier alpha value is -0.900. The quantitative estimate of drug-likeness (QED) is 0.783. The van der Waals surface area contributed by atoms with Crippen molar-refractivity contribution in [1.82, 2.24) is 9.97 Å². The zero-order valence-corrected chi connectivity index (χ0v) is 9.54. The van der Waals surface area contributed by atoms with Crippen LogP contribution in [0, 0.1) is 11.8 Å². The summed E-state index contributed by atoms with van der Waals surface area (Å²) in [5.41, 5.74) is 1.05. The van der Waals surface area contributed by atoms with Crippen LogP contribution in [-0.2, 0) is 11.2 Å².